The molecule has 4 nitrogen and oxygen atoms in total. The summed E-state index contributed by atoms with van der Waals surface area (Å²) in [5.74, 6) is 0.807. The quantitative estimate of drug-likeness (QED) is 0.514. The first kappa shape index (κ1) is 14.8. The van der Waals surface area contributed by atoms with Crippen molar-refractivity contribution in [2.45, 2.75) is 19.8 Å². The van der Waals surface area contributed by atoms with Crippen molar-refractivity contribution in [3.8, 4) is 5.75 Å². The molecule has 0 amide bonds. The van der Waals surface area contributed by atoms with Crippen LogP contribution in [0.2, 0.25) is 0 Å². The summed E-state index contributed by atoms with van der Waals surface area (Å²) < 4.78 is 16.3. The van der Waals surface area contributed by atoms with Gasteiger partial charge in [-0.3, -0.25) is 0 Å². The minimum Gasteiger partial charge on any atom is -0.493 e. The molecule has 18 heavy (non-hydrogen) atoms. The highest BCUT2D eigenvalue weighted by Gasteiger charge is 1.95. The highest BCUT2D eigenvalue weighted by molar-refractivity contribution is 5.43. The van der Waals surface area contributed by atoms with E-state index in [2.05, 4.69) is 6.92 Å². The Morgan fingerprint density at radius 1 is 1.00 bits per heavy atom. The van der Waals surface area contributed by atoms with Gasteiger partial charge in [0.05, 0.1) is 19.8 Å². The molecular weight excluding hydrogens is 230 g/mol. The third-order valence-electron chi connectivity index (χ3n) is 2.28. The smallest absolute Gasteiger partial charge is 0.121 e. The van der Waals surface area contributed by atoms with Crippen molar-refractivity contribution >= 4 is 5.69 Å². The molecule has 0 saturated carbocycles. The van der Waals surface area contributed by atoms with Gasteiger partial charge in [0, 0.05) is 31.4 Å². The van der Waals surface area contributed by atoms with Gasteiger partial charge in [-0.2, -0.15) is 0 Å². The maximum Gasteiger partial charge on any atom is 0.121 e. The third kappa shape index (κ3) is 7.14. The third-order valence-corrected chi connectivity index (χ3v) is 2.28. The zero-order valence-electron chi connectivity index (χ0n) is 11.1. The largest absolute Gasteiger partial charge is 0.493 e. The second-order valence-corrected chi connectivity index (χ2v) is 4.00. The van der Waals surface area contributed by atoms with E-state index in [1.54, 1.807) is 0 Å². The van der Waals surface area contributed by atoms with E-state index in [1.807, 2.05) is 24.3 Å². The van der Waals surface area contributed by atoms with Gasteiger partial charge >= 0.3 is 0 Å². The lowest BCUT2D eigenvalue weighted by Gasteiger charge is -2.07. The van der Waals surface area contributed by atoms with Gasteiger partial charge in [0.25, 0.3) is 0 Å². The average Bonchev–Trinajstić information content (AvgIpc) is 2.37. The Bertz CT molecular complexity index is 318. The molecule has 0 unspecified atom stereocenters. The molecular formula is C14H23NO3. The van der Waals surface area contributed by atoms with Crippen LogP contribution in [0.3, 0.4) is 0 Å². The summed E-state index contributed by atoms with van der Waals surface area (Å²) in [4.78, 5) is 0. The minimum absolute atomic E-state index is 0.638. The van der Waals surface area contributed by atoms with Crippen molar-refractivity contribution in [3.63, 3.8) is 0 Å². The Balaban J connectivity index is 1.92. The van der Waals surface area contributed by atoms with Crippen molar-refractivity contribution < 1.29 is 14.2 Å². The Morgan fingerprint density at radius 3 is 2.50 bits per heavy atom. The van der Waals surface area contributed by atoms with Gasteiger partial charge in [-0.1, -0.05) is 13.0 Å². The number of ether oxygens (including phenoxy) is 3. The summed E-state index contributed by atoms with van der Waals surface area (Å²) >= 11 is 0. The van der Waals surface area contributed by atoms with Crippen molar-refractivity contribution in [2.24, 2.45) is 0 Å². The average molecular weight is 253 g/mol. The predicted octanol–water partition coefficient (Wildman–Crippen LogP) is 2.48. The Morgan fingerprint density at radius 2 is 1.78 bits per heavy atom. The summed E-state index contributed by atoms with van der Waals surface area (Å²) in [5, 5.41) is 0. The van der Waals surface area contributed by atoms with E-state index in [0.717, 1.165) is 30.9 Å². The second-order valence-electron chi connectivity index (χ2n) is 4.00. The van der Waals surface area contributed by atoms with Crippen molar-refractivity contribution in [2.75, 3.05) is 38.8 Å². The van der Waals surface area contributed by atoms with Crippen LogP contribution in [-0.4, -0.2) is 33.0 Å². The standard InChI is InChI=1S/C14H23NO3/c1-2-7-16-10-11-17-8-4-9-18-14-6-3-5-13(15)12-14/h3,5-6,12H,2,4,7-11,15H2,1H3. The highest BCUT2D eigenvalue weighted by Crippen LogP contribution is 2.14. The summed E-state index contributed by atoms with van der Waals surface area (Å²) in [5.41, 5.74) is 6.37. The fourth-order valence-corrected chi connectivity index (χ4v) is 1.42. The van der Waals surface area contributed by atoms with E-state index in [1.165, 1.54) is 0 Å². The van der Waals surface area contributed by atoms with Gasteiger partial charge < -0.3 is 19.9 Å². The number of rotatable bonds is 10. The molecule has 0 bridgehead atoms. The second kappa shape index (κ2) is 9.74. The molecule has 4 heteroatoms. The van der Waals surface area contributed by atoms with Crippen LogP contribution in [-0.2, 0) is 9.47 Å². The number of hydrogen-bond acceptors (Lipinski definition) is 4. The lowest BCUT2D eigenvalue weighted by atomic mass is 10.3. The summed E-state index contributed by atoms with van der Waals surface area (Å²) in [6.07, 6.45) is 1.91. The van der Waals surface area contributed by atoms with Crippen molar-refractivity contribution in [1.29, 1.82) is 0 Å². The van der Waals surface area contributed by atoms with Crippen LogP contribution in [0.4, 0.5) is 5.69 Å². The topological polar surface area (TPSA) is 53.7 Å². The van der Waals surface area contributed by atoms with Crippen LogP contribution < -0.4 is 10.5 Å². The van der Waals surface area contributed by atoms with Gasteiger partial charge in [0.1, 0.15) is 5.75 Å². The fraction of sp³-hybridized carbons (Fsp3) is 0.571. The number of anilines is 1. The van der Waals surface area contributed by atoms with Crippen LogP contribution >= 0.6 is 0 Å². The number of nitrogen functional groups attached to an aromatic ring is 1. The summed E-state index contributed by atoms with van der Waals surface area (Å²) in [7, 11) is 0. The Kier molecular flexibility index (Phi) is 8.01. The maximum atomic E-state index is 5.65. The zero-order valence-corrected chi connectivity index (χ0v) is 11.1. The maximum absolute atomic E-state index is 5.65. The zero-order chi connectivity index (χ0) is 13.1. The van der Waals surface area contributed by atoms with Crippen LogP contribution in [0.15, 0.2) is 24.3 Å². The molecule has 0 heterocycles. The molecule has 1 aromatic rings. The molecule has 0 atom stereocenters. The molecule has 0 aliphatic carbocycles. The van der Waals surface area contributed by atoms with Crippen LogP contribution in [0, 0.1) is 0 Å². The first-order valence-electron chi connectivity index (χ1n) is 6.46. The van der Waals surface area contributed by atoms with E-state index in [0.29, 0.717) is 26.4 Å². The molecule has 0 radical (unpaired) electrons. The fourth-order valence-electron chi connectivity index (χ4n) is 1.42. The molecule has 0 aromatic heterocycles. The summed E-state index contributed by atoms with van der Waals surface area (Å²) in [6.45, 7) is 5.55. The molecule has 0 fully saturated rings. The first-order chi connectivity index (χ1) is 8.83. The normalized spacial score (nSPS) is 10.5. The number of hydrogen-bond donors (Lipinski definition) is 1. The van der Waals surface area contributed by atoms with Gasteiger partial charge in [0.15, 0.2) is 0 Å². The SMILES string of the molecule is CCCOCCOCCCOc1cccc(N)c1. The van der Waals surface area contributed by atoms with Gasteiger partial charge in [-0.25, -0.2) is 0 Å². The molecule has 0 aliphatic heterocycles. The first-order valence-corrected chi connectivity index (χ1v) is 6.46. The van der Waals surface area contributed by atoms with Gasteiger partial charge in [0.2, 0.25) is 0 Å². The van der Waals surface area contributed by atoms with Crippen LogP contribution in [0.5, 0.6) is 5.75 Å². The molecule has 2 N–H and O–H groups in total. The lowest BCUT2D eigenvalue weighted by Crippen LogP contribution is -2.08. The van der Waals surface area contributed by atoms with Gasteiger partial charge in [-0.05, 0) is 18.6 Å². The summed E-state index contributed by atoms with van der Waals surface area (Å²) in [6, 6.07) is 7.44. The van der Waals surface area contributed by atoms with Crippen molar-refractivity contribution in [1.82, 2.24) is 0 Å². The monoisotopic (exact) mass is 253 g/mol. The molecule has 0 aliphatic rings. The van der Waals surface area contributed by atoms with E-state index >= 15 is 0 Å². The lowest BCUT2D eigenvalue weighted by molar-refractivity contribution is 0.0438. The molecule has 1 aromatic carbocycles. The molecule has 102 valence electrons. The Hall–Kier alpha value is -1.26. The number of benzene rings is 1. The van der Waals surface area contributed by atoms with Crippen molar-refractivity contribution in [3.05, 3.63) is 24.3 Å². The minimum atomic E-state index is 0.638. The van der Waals surface area contributed by atoms with E-state index < -0.39 is 0 Å². The number of nitrogens with two attached hydrogens (primary N) is 1. The van der Waals surface area contributed by atoms with Gasteiger partial charge in [-0.15, -0.1) is 0 Å². The van der Waals surface area contributed by atoms with E-state index in [4.69, 9.17) is 19.9 Å². The Labute approximate surface area is 109 Å². The van der Waals surface area contributed by atoms with E-state index in [9.17, 15) is 0 Å². The highest BCUT2D eigenvalue weighted by atomic mass is 16.5. The van der Waals surface area contributed by atoms with E-state index in [-0.39, 0.29) is 0 Å². The predicted molar refractivity (Wildman–Crippen MR) is 72.9 cm³/mol. The van der Waals surface area contributed by atoms with Crippen LogP contribution in [0.1, 0.15) is 19.8 Å². The molecule has 0 saturated heterocycles. The molecule has 1 rings (SSSR count). The molecule has 0 spiro atoms. The van der Waals surface area contributed by atoms with Crippen LogP contribution in [0.25, 0.3) is 0 Å².